The molecule has 4 rings (SSSR count). The number of sulfonamides is 1. The van der Waals surface area contributed by atoms with Crippen LogP contribution in [-0.4, -0.2) is 38.1 Å². The summed E-state index contributed by atoms with van der Waals surface area (Å²) in [6.07, 6.45) is 0. The Bertz CT molecular complexity index is 1630. The lowest BCUT2D eigenvalue weighted by atomic mass is 10.2. The summed E-state index contributed by atoms with van der Waals surface area (Å²) in [5.41, 5.74) is 0.889. The van der Waals surface area contributed by atoms with Crippen molar-refractivity contribution in [2.45, 2.75) is 18.1 Å². The van der Waals surface area contributed by atoms with Crippen LogP contribution in [0.3, 0.4) is 0 Å². The first kappa shape index (κ1) is 24.4. The van der Waals surface area contributed by atoms with Gasteiger partial charge in [-0.25, -0.2) is 27.3 Å². The van der Waals surface area contributed by atoms with Crippen molar-refractivity contribution in [3.8, 4) is 5.69 Å². The highest BCUT2D eigenvalue weighted by molar-refractivity contribution is 7.92. The van der Waals surface area contributed by atoms with Gasteiger partial charge in [-0.3, -0.25) is 9.36 Å². The van der Waals surface area contributed by atoms with Gasteiger partial charge in [0, 0.05) is 30.3 Å². The van der Waals surface area contributed by atoms with E-state index in [9.17, 15) is 18.0 Å². The number of fused-ring (bicyclic) bond motifs is 1. The van der Waals surface area contributed by atoms with E-state index in [1.807, 2.05) is 23.7 Å². The van der Waals surface area contributed by atoms with E-state index in [2.05, 4.69) is 10.3 Å². The van der Waals surface area contributed by atoms with Gasteiger partial charge in [-0.1, -0.05) is 0 Å². The van der Waals surface area contributed by atoms with Crippen molar-refractivity contribution >= 4 is 49.7 Å². The normalized spacial score (nSPS) is 11.5. The van der Waals surface area contributed by atoms with Crippen molar-refractivity contribution in [3.05, 3.63) is 75.4 Å². The molecule has 2 aromatic heterocycles. The minimum atomic E-state index is -4.05. The third-order valence-electron chi connectivity index (χ3n) is 5.19. The fourth-order valence-corrected chi connectivity index (χ4v) is 5.69. The molecule has 182 valence electrons. The van der Waals surface area contributed by atoms with Crippen LogP contribution in [0.5, 0.6) is 0 Å². The Hall–Kier alpha value is -3.77. The van der Waals surface area contributed by atoms with Crippen molar-refractivity contribution < 1.29 is 17.6 Å². The molecule has 2 N–H and O–H groups in total. The number of hydrogen-bond acceptors (Lipinski definition) is 7. The molecule has 0 saturated carbocycles. The number of aromatic nitrogens is 2. The number of amides is 2. The number of halogens is 1. The number of hydrogen-bond donors (Lipinski definition) is 2. The van der Waals surface area contributed by atoms with Crippen LogP contribution in [0.1, 0.15) is 10.7 Å². The number of aryl methyl sites for hydroxylation is 2. The fourth-order valence-electron chi connectivity index (χ4n) is 3.50. The molecule has 0 radical (unpaired) electrons. The first-order valence-corrected chi connectivity index (χ1v) is 12.7. The molecule has 0 bridgehead atoms. The SMILES string of the molecule is Cc1ccc(S(=O)(=O)NC(=O)Nc2ccc(-n3c(C)nc4cc(N(C)C)ccc4c3=O)c(F)c2)s1. The average molecular weight is 516 g/mol. The van der Waals surface area contributed by atoms with E-state index in [1.165, 1.54) is 18.2 Å². The summed E-state index contributed by atoms with van der Waals surface area (Å²) < 4.78 is 42.7. The fraction of sp³-hybridized carbons (Fsp3) is 0.174. The smallest absolute Gasteiger partial charge is 0.333 e. The monoisotopic (exact) mass is 515 g/mol. The Morgan fingerprint density at radius 2 is 1.83 bits per heavy atom. The second-order valence-corrected chi connectivity index (χ2v) is 11.2. The number of carbonyl (C=O) groups excluding carboxylic acids is 1. The lowest BCUT2D eigenvalue weighted by Gasteiger charge is -2.15. The molecule has 0 aliphatic heterocycles. The van der Waals surface area contributed by atoms with Crippen LogP contribution in [0, 0.1) is 19.7 Å². The van der Waals surface area contributed by atoms with E-state index in [1.54, 1.807) is 38.1 Å². The highest BCUT2D eigenvalue weighted by Crippen LogP contribution is 2.23. The van der Waals surface area contributed by atoms with Gasteiger partial charge in [-0.15, -0.1) is 11.3 Å². The Morgan fingerprint density at radius 3 is 2.46 bits per heavy atom. The standard InChI is InChI=1S/C23H22FN5O4S2/c1-13-5-10-21(34-13)35(32,33)27-23(31)26-15-6-9-20(18(24)11-15)29-14(2)25-19-12-16(28(3)4)7-8-17(19)22(29)30/h5-12H,1-4H3,(H2,26,27,31). The summed E-state index contributed by atoms with van der Waals surface area (Å²) >= 11 is 1.02. The molecule has 4 aromatic rings. The lowest BCUT2D eigenvalue weighted by Crippen LogP contribution is -2.34. The van der Waals surface area contributed by atoms with Gasteiger partial charge in [0.2, 0.25) is 0 Å². The molecule has 12 heteroatoms. The molecule has 0 fully saturated rings. The van der Waals surface area contributed by atoms with Crippen molar-refractivity contribution in [2.75, 3.05) is 24.3 Å². The number of carbonyl (C=O) groups is 1. The zero-order chi connectivity index (χ0) is 25.5. The maximum atomic E-state index is 15.0. The van der Waals surface area contributed by atoms with Crippen LogP contribution in [-0.2, 0) is 10.0 Å². The molecule has 0 atom stereocenters. The summed E-state index contributed by atoms with van der Waals surface area (Å²) in [6.45, 7) is 3.34. The minimum absolute atomic E-state index is 0.0105. The van der Waals surface area contributed by atoms with Gasteiger partial charge in [0.25, 0.3) is 15.6 Å². The Kier molecular flexibility index (Phi) is 6.34. The summed E-state index contributed by atoms with van der Waals surface area (Å²) in [4.78, 5) is 32.5. The molecule has 2 aromatic carbocycles. The van der Waals surface area contributed by atoms with Crippen molar-refractivity contribution in [3.63, 3.8) is 0 Å². The summed E-state index contributed by atoms with van der Waals surface area (Å²) in [5, 5.41) is 2.63. The maximum absolute atomic E-state index is 15.0. The third-order valence-corrected chi connectivity index (χ3v) is 8.01. The molecule has 2 heterocycles. The van der Waals surface area contributed by atoms with E-state index in [4.69, 9.17) is 0 Å². The number of urea groups is 1. The molecule has 0 aliphatic rings. The second-order valence-electron chi connectivity index (χ2n) is 7.99. The van der Waals surface area contributed by atoms with Crippen LogP contribution in [0.15, 0.2) is 57.5 Å². The Balaban J connectivity index is 1.61. The van der Waals surface area contributed by atoms with E-state index in [-0.39, 0.29) is 21.4 Å². The lowest BCUT2D eigenvalue weighted by molar-refractivity contribution is 0.256. The molecule has 35 heavy (non-hydrogen) atoms. The summed E-state index contributed by atoms with van der Waals surface area (Å²) in [6, 6.07) is 10.9. The van der Waals surface area contributed by atoms with E-state index in [0.29, 0.717) is 10.9 Å². The first-order chi connectivity index (χ1) is 16.5. The van der Waals surface area contributed by atoms with Crippen LogP contribution in [0.25, 0.3) is 16.6 Å². The molecule has 0 spiro atoms. The van der Waals surface area contributed by atoms with Crippen LogP contribution >= 0.6 is 11.3 Å². The minimum Gasteiger partial charge on any atom is -0.378 e. The van der Waals surface area contributed by atoms with Crippen LogP contribution < -0.4 is 20.5 Å². The van der Waals surface area contributed by atoms with Gasteiger partial charge in [0.05, 0.1) is 16.6 Å². The topological polar surface area (TPSA) is 113 Å². The number of anilines is 2. The van der Waals surface area contributed by atoms with E-state index in [0.717, 1.165) is 32.5 Å². The van der Waals surface area contributed by atoms with Crippen molar-refractivity contribution in [1.29, 1.82) is 0 Å². The zero-order valence-corrected chi connectivity index (χ0v) is 20.9. The van der Waals surface area contributed by atoms with Crippen LogP contribution in [0.2, 0.25) is 0 Å². The highest BCUT2D eigenvalue weighted by Gasteiger charge is 2.20. The third kappa shape index (κ3) is 4.88. The first-order valence-electron chi connectivity index (χ1n) is 10.4. The number of nitrogens with zero attached hydrogens (tertiary/aromatic N) is 3. The molecule has 0 unspecified atom stereocenters. The Labute approximate surface area is 204 Å². The van der Waals surface area contributed by atoms with E-state index >= 15 is 4.39 Å². The number of nitrogens with one attached hydrogen (secondary N) is 2. The molecular formula is C23H22FN5O4S2. The quantitative estimate of drug-likeness (QED) is 0.418. The summed E-state index contributed by atoms with van der Waals surface area (Å²) in [7, 11) is -0.307. The van der Waals surface area contributed by atoms with Gasteiger partial charge in [0.1, 0.15) is 15.9 Å². The number of rotatable bonds is 5. The van der Waals surface area contributed by atoms with Gasteiger partial charge in [0.15, 0.2) is 0 Å². The van der Waals surface area contributed by atoms with Crippen molar-refractivity contribution in [1.82, 2.24) is 14.3 Å². The predicted molar refractivity (Wildman–Crippen MR) is 135 cm³/mol. The van der Waals surface area contributed by atoms with Crippen molar-refractivity contribution in [2.24, 2.45) is 0 Å². The number of thiophene rings is 1. The largest absolute Gasteiger partial charge is 0.378 e. The molecule has 2 amide bonds. The number of benzene rings is 2. The zero-order valence-electron chi connectivity index (χ0n) is 19.3. The second kappa shape index (κ2) is 9.12. The predicted octanol–water partition coefficient (Wildman–Crippen LogP) is 3.78. The maximum Gasteiger partial charge on any atom is 0.333 e. The highest BCUT2D eigenvalue weighted by atomic mass is 32.2. The van der Waals surface area contributed by atoms with Gasteiger partial charge < -0.3 is 10.2 Å². The average Bonchev–Trinajstić information content (AvgIpc) is 3.21. The van der Waals surface area contributed by atoms with Gasteiger partial charge in [-0.2, -0.15) is 0 Å². The molecule has 0 saturated heterocycles. The Morgan fingerprint density at radius 1 is 1.09 bits per heavy atom. The molecule has 0 aliphatic carbocycles. The van der Waals surface area contributed by atoms with Gasteiger partial charge in [-0.05, 0) is 62.4 Å². The van der Waals surface area contributed by atoms with Gasteiger partial charge >= 0.3 is 6.03 Å². The molecular weight excluding hydrogens is 493 g/mol. The van der Waals surface area contributed by atoms with E-state index < -0.39 is 27.4 Å². The summed E-state index contributed by atoms with van der Waals surface area (Å²) in [5.74, 6) is -0.510. The molecule has 9 nitrogen and oxygen atoms in total. The van der Waals surface area contributed by atoms with Crippen LogP contribution in [0.4, 0.5) is 20.6 Å².